The van der Waals surface area contributed by atoms with E-state index in [1.165, 1.54) is 34.1 Å². The van der Waals surface area contributed by atoms with Crippen molar-refractivity contribution in [1.82, 2.24) is 25.2 Å². The van der Waals surface area contributed by atoms with Crippen LogP contribution in [0.5, 0.6) is 0 Å². The first-order valence-corrected chi connectivity index (χ1v) is 20.1. The van der Waals surface area contributed by atoms with E-state index in [9.17, 15) is 32.4 Å². The summed E-state index contributed by atoms with van der Waals surface area (Å²) < 4.78 is 45.6. The van der Waals surface area contributed by atoms with E-state index in [-0.39, 0.29) is 57.0 Å². The Labute approximate surface area is 329 Å². The van der Waals surface area contributed by atoms with Crippen LogP contribution in [0.2, 0.25) is 10.0 Å². The second-order valence-electron chi connectivity index (χ2n) is 15.0. The van der Waals surface area contributed by atoms with Gasteiger partial charge in [0.2, 0.25) is 11.8 Å². The molecule has 6 rings (SSSR count). The number of nitrogens with one attached hydrogen (secondary N) is 3. The first-order chi connectivity index (χ1) is 26.0. The highest BCUT2D eigenvalue weighted by molar-refractivity contribution is 7.90. The van der Waals surface area contributed by atoms with E-state index in [1.807, 2.05) is 6.07 Å². The van der Waals surface area contributed by atoms with E-state index in [2.05, 4.69) is 15.4 Å². The zero-order valence-electron chi connectivity index (χ0n) is 30.5. The molecule has 1 saturated heterocycles. The lowest BCUT2D eigenvalue weighted by Gasteiger charge is -2.30. The van der Waals surface area contributed by atoms with Crippen LogP contribution in [0.1, 0.15) is 57.6 Å². The topological polar surface area (TPSA) is 190 Å². The zero-order chi connectivity index (χ0) is 39.7. The van der Waals surface area contributed by atoms with Gasteiger partial charge in [-0.25, -0.2) is 22.7 Å². The van der Waals surface area contributed by atoms with E-state index in [0.717, 1.165) is 11.1 Å². The molecule has 2 fully saturated rings. The maximum Gasteiger partial charge on any atom is 0.410 e. The summed E-state index contributed by atoms with van der Waals surface area (Å²) in [4.78, 5) is 71.3. The number of halogens is 2. The molecule has 0 spiro atoms. The first kappa shape index (κ1) is 40.3. The molecule has 3 heterocycles. The minimum Gasteiger partial charge on any atom is -0.444 e. The van der Waals surface area contributed by atoms with Gasteiger partial charge < -0.3 is 29.7 Å². The van der Waals surface area contributed by atoms with Crippen molar-refractivity contribution in [2.45, 2.75) is 93.8 Å². The van der Waals surface area contributed by atoms with Crippen LogP contribution in [-0.4, -0.2) is 97.2 Å². The van der Waals surface area contributed by atoms with Crippen LogP contribution in [0.4, 0.5) is 9.59 Å². The van der Waals surface area contributed by atoms with Crippen LogP contribution in [0.25, 0.3) is 0 Å². The fourth-order valence-electron chi connectivity index (χ4n) is 6.90. The predicted molar refractivity (Wildman–Crippen MR) is 199 cm³/mol. The Balaban J connectivity index is 1.26. The van der Waals surface area contributed by atoms with Gasteiger partial charge >= 0.3 is 12.2 Å². The molecule has 296 valence electrons. The molecule has 3 N–H and O–H groups in total. The molecule has 2 aromatic rings. The Morgan fingerprint density at radius 1 is 1.04 bits per heavy atom. The van der Waals surface area contributed by atoms with Crippen LogP contribution in [-0.2, 0) is 51.7 Å². The SMILES string of the molecule is CC(C)(C)OC(=O)N[C@H]1CCOCC/C=C\[C@H]2C[C@@]2(C(=O)NS(=O)(=O)c2ccc(Cl)cc2)NC(=O)[C@@H]2C[C@@H](OC(=O)N3Cc4cccc(Cl)c4C3)CN2C1=O. The highest BCUT2D eigenvalue weighted by Gasteiger charge is 2.61. The number of amides is 5. The van der Waals surface area contributed by atoms with Gasteiger partial charge in [0.15, 0.2) is 0 Å². The van der Waals surface area contributed by atoms with Crippen molar-refractivity contribution in [3.63, 3.8) is 0 Å². The zero-order valence-corrected chi connectivity index (χ0v) is 32.8. The molecule has 2 aromatic carbocycles. The minimum absolute atomic E-state index is 0.0292. The highest BCUT2D eigenvalue weighted by atomic mass is 35.5. The second kappa shape index (κ2) is 16.0. The summed E-state index contributed by atoms with van der Waals surface area (Å²) in [5.41, 5.74) is -0.901. The number of carbonyl (C=O) groups is 5. The van der Waals surface area contributed by atoms with E-state index >= 15 is 0 Å². The number of hydrogen-bond donors (Lipinski definition) is 3. The normalized spacial score (nSPS) is 26.3. The monoisotopic (exact) mass is 819 g/mol. The molecule has 0 radical (unpaired) electrons. The van der Waals surface area contributed by atoms with Crippen LogP contribution in [0, 0.1) is 5.92 Å². The fourth-order valence-corrected chi connectivity index (χ4v) is 8.31. The van der Waals surface area contributed by atoms with Gasteiger partial charge in [-0.05, 0) is 75.1 Å². The summed E-state index contributed by atoms with van der Waals surface area (Å²) in [5.74, 6) is -3.00. The van der Waals surface area contributed by atoms with Crippen molar-refractivity contribution < 1.29 is 46.6 Å². The van der Waals surface area contributed by atoms with Crippen LogP contribution in [0.3, 0.4) is 0 Å². The molecule has 1 aliphatic carbocycles. The summed E-state index contributed by atoms with van der Waals surface area (Å²) in [6, 6.07) is 8.12. The van der Waals surface area contributed by atoms with Gasteiger partial charge in [0, 0.05) is 42.0 Å². The third-order valence-corrected chi connectivity index (χ3v) is 11.7. The third-order valence-electron chi connectivity index (χ3n) is 9.75. The Morgan fingerprint density at radius 3 is 2.49 bits per heavy atom. The summed E-state index contributed by atoms with van der Waals surface area (Å²) in [5, 5.41) is 6.17. The van der Waals surface area contributed by atoms with Crippen molar-refractivity contribution in [2.24, 2.45) is 5.92 Å². The smallest absolute Gasteiger partial charge is 0.410 e. The molecule has 0 aromatic heterocycles. The number of sulfonamides is 1. The number of nitrogens with zero attached hydrogens (tertiary/aromatic N) is 2. The molecule has 5 amide bonds. The molecule has 4 aliphatic rings. The first-order valence-electron chi connectivity index (χ1n) is 17.9. The van der Waals surface area contributed by atoms with Gasteiger partial charge in [-0.1, -0.05) is 47.5 Å². The largest absolute Gasteiger partial charge is 0.444 e. The molecule has 15 nitrogen and oxygen atoms in total. The van der Waals surface area contributed by atoms with Crippen LogP contribution in [0.15, 0.2) is 59.5 Å². The van der Waals surface area contributed by atoms with E-state index in [1.54, 1.807) is 45.1 Å². The van der Waals surface area contributed by atoms with Gasteiger partial charge in [0.25, 0.3) is 15.9 Å². The van der Waals surface area contributed by atoms with Crippen LogP contribution >= 0.6 is 23.2 Å². The molecule has 5 atom stereocenters. The predicted octanol–water partition coefficient (Wildman–Crippen LogP) is 4.06. The Morgan fingerprint density at radius 2 is 1.78 bits per heavy atom. The van der Waals surface area contributed by atoms with Gasteiger partial charge in [0.05, 0.1) is 24.6 Å². The Hall–Kier alpha value is -4.38. The van der Waals surface area contributed by atoms with Gasteiger partial charge in [-0.15, -0.1) is 0 Å². The average molecular weight is 821 g/mol. The molecule has 3 aliphatic heterocycles. The molecule has 18 heteroatoms. The van der Waals surface area contributed by atoms with Gasteiger partial charge in [-0.2, -0.15) is 0 Å². The maximum atomic E-state index is 14.3. The standard InChI is InChI=1S/C37H43Cl2N5O10S/c1-36(2,3)54-34(48)40-29-14-16-52-15-5-4-8-23-18-37(23,33(47)42-55(50,51)26-12-10-24(38)11-13-26)41-31(45)30-17-25(20-44(30)32(29)46)53-35(49)43-19-22-7-6-9-28(39)27(22)21-43/h4,6-13,23,25,29-30H,5,14-21H2,1-3H3,(H,40,48)(H,41,45)(H,42,47)/b8-4-/t23-,25+,29-,30-,37+/m0/s1. The number of carbonyl (C=O) groups excluding carboxylic acids is 5. The average Bonchev–Trinajstić information content (AvgIpc) is 3.40. The van der Waals surface area contributed by atoms with Gasteiger partial charge in [-0.3, -0.25) is 19.3 Å². The molecular weight excluding hydrogens is 777 g/mol. The van der Waals surface area contributed by atoms with Crippen LogP contribution < -0.4 is 15.4 Å². The van der Waals surface area contributed by atoms with Crippen molar-refractivity contribution in [3.05, 3.63) is 75.8 Å². The third kappa shape index (κ3) is 9.36. The lowest BCUT2D eigenvalue weighted by Crippen LogP contribution is -2.58. The number of alkyl carbamates (subject to hydrolysis) is 1. The summed E-state index contributed by atoms with van der Waals surface area (Å²) in [6.45, 7) is 5.57. The molecule has 0 bridgehead atoms. The second-order valence-corrected chi connectivity index (χ2v) is 17.5. The molecule has 0 unspecified atom stereocenters. The summed E-state index contributed by atoms with van der Waals surface area (Å²) in [6.07, 6.45) is 1.34. The maximum absolute atomic E-state index is 14.3. The van der Waals surface area contributed by atoms with Crippen molar-refractivity contribution in [2.75, 3.05) is 19.8 Å². The van der Waals surface area contributed by atoms with E-state index < -0.39 is 75.2 Å². The summed E-state index contributed by atoms with van der Waals surface area (Å²) in [7, 11) is -4.37. The molecule has 1 saturated carbocycles. The number of rotatable bonds is 5. The lowest BCUT2D eigenvalue weighted by atomic mass is 10.1. The van der Waals surface area contributed by atoms with E-state index in [4.69, 9.17) is 37.4 Å². The molecular formula is C37H43Cl2N5O10S. The van der Waals surface area contributed by atoms with Crippen molar-refractivity contribution in [1.29, 1.82) is 0 Å². The van der Waals surface area contributed by atoms with Crippen molar-refractivity contribution >= 4 is 63.1 Å². The minimum atomic E-state index is -4.37. The molecule has 55 heavy (non-hydrogen) atoms. The van der Waals surface area contributed by atoms with E-state index in [0.29, 0.717) is 16.5 Å². The lowest BCUT2D eigenvalue weighted by molar-refractivity contribution is -0.141. The number of ether oxygens (including phenoxy) is 3. The highest BCUT2D eigenvalue weighted by Crippen LogP contribution is 2.46. The fraction of sp³-hybridized carbons (Fsp3) is 0.486. The summed E-state index contributed by atoms with van der Waals surface area (Å²) >= 11 is 12.3. The van der Waals surface area contributed by atoms with Gasteiger partial charge in [0.1, 0.15) is 29.3 Å². The Bertz CT molecular complexity index is 1990. The number of fused-ring (bicyclic) bond motifs is 3. The number of hydrogen-bond acceptors (Lipinski definition) is 10. The number of benzene rings is 2. The van der Waals surface area contributed by atoms with Crippen molar-refractivity contribution in [3.8, 4) is 0 Å². The Kier molecular flexibility index (Phi) is 11.7. The quantitative estimate of drug-likeness (QED) is 0.371.